The van der Waals surface area contributed by atoms with Gasteiger partial charge in [0.2, 0.25) is 0 Å². The Morgan fingerprint density at radius 2 is 2.06 bits per heavy atom. The topological polar surface area (TPSA) is 49.5 Å². The van der Waals surface area contributed by atoms with Crippen molar-refractivity contribution in [1.82, 2.24) is 4.90 Å². The van der Waals surface area contributed by atoms with E-state index in [2.05, 4.69) is 11.0 Å². The van der Waals surface area contributed by atoms with Gasteiger partial charge in [-0.3, -0.25) is 4.90 Å². The molecule has 1 aliphatic heterocycles. The van der Waals surface area contributed by atoms with Crippen LogP contribution >= 0.6 is 0 Å². The van der Waals surface area contributed by atoms with Gasteiger partial charge in [0.25, 0.3) is 0 Å². The number of likely N-dealkylation sites (tertiary alicyclic amines) is 1. The summed E-state index contributed by atoms with van der Waals surface area (Å²) in [6, 6.07) is 8.02. The maximum absolute atomic E-state index is 9.86. The van der Waals surface area contributed by atoms with Crippen LogP contribution in [0.25, 0.3) is 0 Å². The molecule has 3 nitrogen and oxygen atoms in total. The van der Waals surface area contributed by atoms with Crippen molar-refractivity contribution in [2.75, 3.05) is 18.8 Å². The molecule has 88 valence electrons. The van der Waals surface area contributed by atoms with Gasteiger partial charge in [-0.15, -0.1) is 0 Å². The molecule has 3 N–H and O–H groups in total. The Bertz CT molecular complexity index is 353. The summed E-state index contributed by atoms with van der Waals surface area (Å²) >= 11 is 0. The van der Waals surface area contributed by atoms with E-state index >= 15 is 0 Å². The third-order valence-corrected chi connectivity index (χ3v) is 3.29. The van der Waals surface area contributed by atoms with Crippen molar-refractivity contribution < 1.29 is 5.11 Å². The fourth-order valence-corrected chi connectivity index (χ4v) is 2.14. The third-order valence-electron chi connectivity index (χ3n) is 3.29. The van der Waals surface area contributed by atoms with Crippen LogP contribution in [0.4, 0.5) is 5.69 Å². The summed E-state index contributed by atoms with van der Waals surface area (Å²) in [4.78, 5) is 2.37. The van der Waals surface area contributed by atoms with Crippen LogP contribution < -0.4 is 5.73 Å². The molecule has 0 atom stereocenters. The minimum absolute atomic E-state index is 0.466. The van der Waals surface area contributed by atoms with Crippen LogP contribution in [-0.4, -0.2) is 28.7 Å². The van der Waals surface area contributed by atoms with E-state index < -0.39 is 5.60 Å². The van der Waals surface area contributed by atoms with Crippen molar-refractivity contribution in [2.24, 2.45) is 0 Å². The molecule has 0 amide bonds. The Labute approximate surface area is 96.9 Å². The molecule has 1 aromatic rings. The molecule has 2 rings (SSSR count). The number of rotatable bonds is 2. The molecule has 0 bridgehead atoms. The summed E-state index contributed by atoms with van der Waals surface area (Å²) in [6.07, 6.45) is 1.71. The molecule has 1 fully saturated rings. The highest BCUT2D eigenvalue weighted by Crippen LogP contribution is 2.22. The maximum Gasteiger partial charge on any atom is 0.0644 e. The van der Waals surface area contributed by atoms with Gasteiger partial charge in [0.05, 0.1) is 5.60 Å². The number of aliphatic hydroxyl groups is 1. The van der Waals surface area contributed by atoms with E-state index in [4.69, 9.17) is 5.73 Å². The first-order valence-corrected chi connectivity index (χ1v) is 5.84. The first-order valence-electron chi connectivity index (χ1n) is 5.84. The summed E-state index contributed by atoms with van der Waals surface area (Å²) < 4.78 is 0. The summed E-state index contributed by atoms with van der Waals surface area (Å²) in [7, 11) is 0. The molecule has 3 heteroatoms. The van der Waals surface area contributed by atoms with E-state index in [-0.39, 0.29) is 0 Å². The van der Waals surface area contributed by atoms with Gasteiger partial charge in [0, 0.05) is 25.3 Å². The Morgan fingerprint density at radius 3 is 2.69 bits per heavy atom. The fraction of sp³-hybridized carbons (Fsp3) is 0.538. The van der Waals surface area contributed by atoms with E-state index in [9.17, 15) is 5.11 Å². The Hall–Kier alpha value is -1.06. The SMILES string of the molecule is CC1(O)CCN(Cc2cccc(N)c2)CC1. The first kappa shape index (κ1) is 11.4. The van der Waals surface area contributed by atoms with Crippen LogP contribution in [0.2, 0.25) is 0 Å². The molecule has 0 aromatic heterocycles. The number of benzene rings is 1. The van der Waals surface area contributed by atoms with E-state index in [1.165, 1.54) is 5.56 Å². The van der Waals surface area contributed by atoms with Gasteiger partial charge in [-0.25, -0.2) is 0 Å². The second kappa shape index (κ2) is 4.44. The second-order valence-corrected chi connectivity index (χ2v) is 5.02. The van der Waals surface area contributed by atoms with Gasteiger partial charge >= 0.3 is 0 Å². The second-order valence-electron chi connectivity index (χ2n) is 5.02. The van der Waals surface area contributed by atoms with E-state index in [1.807, 2.05) is 25.1 Å². The first-order chi connectivity index (χ1) is 7.55. The summed E-state index contributed by atoms with van der Waals surface area (Å²) in [5.41, 5.74) is 7.35. The zero-order valence-corrected chi connectivity index (χ0v) is 9.82. The van der Waals surface area contributed by atoms with Gasteiger partial charge in [-0.2, -0.15) is 0 Å². The van der Waals surface area contributed by atoms with Crippen LogP contribution in [0.5, 0.6) is 0 Å². The molecule has 16 heavy (non-hydrogen) atoms. The molecule has 1 heterocycles. The molecule has 1 aliphatic rings. The van der Waals surface area contributed by atoms with Crippen molar-refractivity contribution in [3.63, 3.8) is 0 Å². The normalized spacial score (nSPS) is 20.9. The van der Waals surface area contributed by atoms with Crippen LogP contribution in [0, 0.1) is 0 Å². The number of nitrogens with two attached hydrogens (primary N) is 1. The minimum atomic E-state index is -0.466. The third kappa shape index (κ3) is 2.97. The van der Waals surface area contributed by atoms with Crippen molar-refractivity contribution in [3.8, 4) is 0 Å². The van der Waals surface area contributed by atoms with E-state index in [1.54, 1.807) is 0 Å². The predicted octanol–water partition coefficient (Wildman–Crippen LogP) is 1.62. The standard InChI is InChI=1S/C13H20N2O/c1-13(16)5-7-15(8-6-13)10-11-3-2-4-12(14)9-11/h2-4,9,16H,5-8,10,14H2,1H3. The molecular weight excluding hydrogens is 200 g/mol. The molecule has 1 saturated heterocycles. The lowest BCUT2D eigenvalue weighted by Crippen LogP contribution is -2.41. The molecule has 0 aliphatic carbocycles. The van der Waals surface area contributed by atoms with Gasteiger partial charge in [-0.05, 0) is 37.5 Å². The maximum atomic E-state index is 9.86. The molecule has 1 aromatic carbocycles. The summed E-state index contributed by atoms with van der Waals surface area (Å²) in [6.45, 7) is 4.77. The quantitative estimate of drug-likeness (QED) is 0.745. The average molecular weight is 220 g/mol. The predicted molar refractivity (Wildman–Crippen MR) is 66.0 cm³/mol. The highest BCUT2D eigenvalue weighted by Gasteiger charge is 2.26. The highest BCUT2D eigenvalue weighted by atomic mass is 16.3. The number of piperidine rings is 1. The fourth-order valence-electron chi connectivity index (χ4n) is 2.14. The van der Waals surface area contributed by atoms with Crippen molar-refractivity contribution >= 4 is 5.69 Å². The Balaban J connectivity index is 1.92. The van der Waals surface area contributed by atoms with Gasteiger partial charge < -0.3 is 10.8 Å². The van der Waals surface area contributed by atoms with Crippen molar-refractivity contribution in [3.05, 3.63) is 29.8 Å². The lowest BCUT2D eigenvalue weighted by molar-refractivity contribution is -0.00729. The summed E-state index contributed by atoms with van der Waals surface area (Å²) in [5.74, 6) is 0. The lowest BCUT2D eigenvalue weighted by Gasteiger charge is -2.35. The van der Waals surface area contributed by atoms with Gasteiger partial charge in [-0.1, -0.05) is 12.1 Å². The number of nitrogens with zero attached hydrogens (tertiary/aromatic N) is 1. The molecule has 0 saturated carbocycles. The molecule has 0 spiro atoms. The van der Waals surface area contributed by atoms with Gasteiger partial charge in [0.15, 0.2) is 0 Å². The molecule has 0 radical (unpaired) electrons. The average Bonchev–Trinajstić information content (AvgIpc) is 2.21. The monoisotopic (exact) mass is 220 g/mol. The van der Waals surface area contributed by atoms with Gasteiger partial charge in [0.1, 0.15) is 0 Å². The zero-order valence-electron chi connectivity index (χ0n) is 9.82. The number of anilines is 1. The molecule has 0 unspecified atom stereocenters. The van der Waals surface area contributed by atoms with Crippen molar-refractivity contribution in [2.45, 2.75) is 31.9 Å². The van der Waals surface area contributed by atoms with E-state index in [0.717, 1.165) is 38.2 Å². The lowest BCUT2D eigenvalue weighted by atomic mass is 9.93. The zero-order chi connectivity index (χ0) is 11.6. The Kier molecular flexibility index (Phi) is 3.17. The van der Waals surface area contributed by atoms with E-state index in [0.29, 0.717) is 0 Å². The smallest absolute Gasteiger partial charge is 0.0644 e. The molecular formula is C13H20N2O. The van der Waals surface area contributed by atoms with Crippen LogP contribution in [-0.2, 0) is 6.54 Å². The van der Waals surface area contributed by atoms with Crippen LogP contribution in [0.15, 0.2) is 24.3 Å². The summed E-state index contributed by atoms with van der Waals surface area (Å²) in [5, 5.41) is 9.86. The minimum Gasteiger partial charge on any atom is -0.399 e. The number of nitrogen functional groups attached to an aromatic ring is 1. The van der Waals surface area contributed by atoms with Crippen LogP contribution in [0.3, 0.4) is 0 Å². The van der Waals surface area contributed by atoms with Crippen LogP contribution in [0.1, 0.15) is 25.3 Å². The largest absolute Gasteiger partial charge is 0.399 e. The highest BCUT2D eigenvalue weighted by molar-refractivity contribution is 5.40. The number of hydrogen-bond acceptors (Lipinski definition) is 3. The Morgan fingerprint density at radius 1 is 1.38 bits per heavy atom. The van der Waals surface area contributed by atoms with Crippen molar-refractivity contribution in [1.29, 1.82) is 0 Å². The number of hydrogen-bond donors (Lipinski definition) is 2.